The maximum absolute atomic E-state index is 13.8. The molecule has 1 unspecified atom stereocenters. The van der Waals surface area contributed by atoms with E-state index < -0.39 is 11.9 Å². The maximum Gasteiger partial charge on any atom is 0.338 e. The highest BCUT2D eigenvalue weighted by Gasteiger charge is 2.29. The number of nitrogen functional groups attached to an aromatic ring is 1. The molecule has 0 spiro atoms. The lowest BCUT2D eigenvalue weighted by atomic mass is 9.88. The second-order valence-electron chi connectivity index (χ2n) is 11.5. The number of hydrogen-bond donors (Lipinski definition) is 1. The molecular weight excluding hydrogens is 562 g/mol. The summed E-state index contributed by atoms with van der Waals surface area (Å²) in [6, 6.07) is 23.7. The molecule has 0 aliphatic carbocycles. The fourth-order valence-corrected chi connectivity index (χ4v) is 6.20. The predicted molar refractivity (Wildman–Crippen MR) is 179 cm³/mol. The van der Waals surface area contributed by atoms with E-state index in [-0.39, 0.29) is 25.6 Å². The highest BCUT2D eigenvalue weighted by atomic mass is 16.5. The van der Waals surface area contributed by atoms with E-state index >= 15 is 0 Å². The van der Waals surface area contributed by atoms with Crippen molar-refractivity contribution in [2.45, 2.75) is 60.1 Å². The van der Waals surface area contributed by atoms with Crippen molar-refractivity contribution in [1.82, 2.24) is 9.55 Å². The molecule has 0 saturated carbocycles. The Morgan fingerprint density at radius 3 is 2.27 bits per heavy atom. The molecule has 2 aromatic heterocycles. The number of aromatic nitrogens is 2. The summed E-state index contributed by atoms with van der Waals surface area (Å²) in [5.74, 6) is -1.28. The van der Waals surface area contributed by atoms with E-state index in [1.165, 1.54) is 0 Å². The number of fused-ring (bicyclic) bond motifs is 1. The molecule has 0 aliphatic heterocycles. The molecule has 0 radical (unpaired) electrons. The molecule has 0 fully saturated rings. The standard InChI is InChI=1S/C38H41N3O4/c1-5-41-33-15-14-31(38(43)44-6-2)32(34(33)35(39)36(41)30-21-25(3)20-26(4)22-30)23-29(13-12-27-16-18-40-19-17-27)37(42)45-24-28-10-8-7-9-11-28/h7-11,14-22,29H,5-6,12-13,23-24,39H2,1-4H3. The number of hydrogen-bond acceptors (Lipinski definition) is 6. The lowest BCUT2D eigenvalue weighted by Gasteiger charge is -2.19. The summed E-state index contributed by atoms with van der Waals surface area (Å²) < 4.78 is 13.6. The van der Waals surface area contributed by atoms with Crippen LogP contribution < -0.4 is 5.73 Å². The van der Waals surface area contributed by atoms with Gasteiger partial charge in [0.25, 0.3) is 0 Å². The van der Waals surface area contributed by atoms with Crippen LogP contribution in [-0.4, -0.2) is 28.1 Å². The second-order valence-corrected chi connectivity index (χ2v) is 11.5. The topological polar surface area (TPSA) is 96.4 Å². The summed E-state index contributed by atoms with van der Waals surface area (Å²) >= 11 is 0. The number of nitrogens with two attached hydrogens (primary N) is 1. The number of carbonyl (C=O) groups excluding carboxylic acids is 2. The zero-order valence-corrected chi connectivity index (χ0v) is 26.5. The molecule has 45 heavy (non-hydrogen) atoms. The zero-order chi connectivity index (χ0) is 31.9. The molecule has 0 amide bonds. The summed E-state index contributed by atoms with van der Waals surface area (Å²) in [4.78, 5) is 31.3. The number of aryl methyl sites for hydroxylation is 4. The summed E-state index contributed by atoms with van der Waals surface area (Å²) in [6.45, 7) is 9.11. The van der Waals surface area contributed by atoms with Crippen molar-refractivity contribution in [2.75, 3.05) is 12.3 Å². The van der Waals surface area contributed by atoms with Gasteiger partial charge in [0.05, 0.1) is 35.0 Å². The molecule has 1 atom stereocenters. The van der Waals surface area contributed by atoms with Gasteiger partial charge in [0.1, 0.15) is 6.61 Å². The van der Waals surface area contributed by atoms with E-state index in [1.807, 2.05) is 54.6 Å². The van der Waals surface area contributed by atoms with Crippen LogP contribution in [0, 0.1) is 19.8 Å². The molecule has 5 rings (SSSR count). The van der Waals surface area contributed by atoms with Crippen molar-refractivity contribution in [3.8, 4) is 11.3 Å². The molecule has 0 aliphatic rings. The molecular formula is C38H41N3O4. The Balaban J connectivity index is 1.62. The molecule has 0 bridgehead atoms. The number of ether oxygens (including phenoxy) is 2. The van der Waals surface area contributed by atoms with Crippen molar-refractivity contribution < 1.29 is 19.1 Å². The highest BCUT2D eigenvalue weighted by Crippen LogP contribution is 2.41. The number of nitrogens with zero attached hydrogens (tertiary/aromatic N) is 2. The molecule has 3 aromatic carbocycles. The third kappa shape index (κ3) is 7.09. The van der Waals surface area contributed by atoms with Gasteiger partial charge in [0.15, 0.2) is 0 Å². The number of benzene rings is 3. The minimum absolute atomic E-state index is 0.172. The minimum Gasteiger partial charge on any atom is -0.462 e. The van der Waals surface area contributed by atoms with E-state index in [2.05, 4.69) is 48.5 Å². The monoisotopic (exact) mass is 603 g/mol. The van der Waals surface area contributed by atoms with Crippen LogP contribution in [0.5, 0.6) is 0 Å². The third-order valence-electron chi connectivity index (χ3n) is 8.22. The number of rotatable bonds is 12. The van der Waals surface area contributed by atoms with Crippen molar-refractivity contribution in [3.63, 3.8) is 0 Å². The van der Waals surface area contributed by atoms with Crippen LogP contribution in [0.4, 0.5) is 5.69 Å². The quantitative estimate of drug-likeness (QED) is 0.147. The number of carbonyl (C=O) groups is 2. The van der Waals surface area contributed by atoms with Gasteiger partial charge in [0, 0.05) is 29.9 Å². The van der Waals surface area contributed by atoms with Crippen LogP contribution in [-0.2, 0) is 40.3 Å². The fraction of sp³-hybridized carbons (Fsp3) is 0.289. The van der Waals surface area contributed by atoms with Crippen molar-refractivity contribution in [3.05, 3.63) is 119 Å². The first-order valence-corrected chi connectivity index (χ1v) is 15.6. The van der Waals surface area contributed by atoms with Gasteiger partial charge in [-0.1, -0.05) is 47.5 Å². The largest absolute Gasteiger partial charge is 0.462 e. The number of pyridine rings is 1. The van der Waals surface area contributed by atoms with Crippen LogP contribution in [0.1, 0.15) is 58.4 Å². The fourth-order valence-electron chi connectivity index (χ4n) is 6.20. The van der Waals surface area contributed by atoms with Gasteiger partial charge in [-0.05, 0) is 100 Å². The van der Waals surface area contributed by atoms with E-state index in [0.29, 0.717) is 36.2 Å². The maximum atomic E-state index is 13.8. The molecule has 5 aromatic rings. The Hall–Kier alpha value is -4.91. The Morgan fingerprint density at radius 2 is 1.60 bits per heavy atom. The van der Waals surface area contributed by atoms with Crippen LogP contribution >= 0.6 is 0 Å². The SMILES string of the molecule is CCOC(=O)c1ccc2c(c(N)c(-c3cc(C)cc(C)c3)n2CC)c1CC(CCc1ccncc1)C(=O)OCc1ccccc1. The third-order valence-corrected chi connectivity index (χ3v) is 8.22. The van der Waals surface area contributed by atoms with E-state index in [4.69, 9.17) is 15.2 Å². The molecule has 7 nitrogen and oxygen atoms in total. The van der Waals surface area contributed by atoms with Gasteiger partial charge < -0.3 is 19.8 Å². The first-order valence-electron chi connectivity index (χ1n) is 15.6. The van der Waals surface area contributed by atoms with Gasteiger partial charge in [-0.2, -0.15) is 0 Å². The highest BCUT2D eigenvalue weighted by molar-refractivity contribution is 6.07. The average molecular weight is 604 g/mol. The Labute approximate surface area is 265 Å². The van der Waals surface area contributed by atoms with E-state index in [0.717, 1.165) is 44.4 Å². The van der Waals surface area contributed by atoms with Gasteiger partial charge >= 0.3 is 11.9 Å². The van der Waals surface area contributed by atoms with Crippen molar-refractivity contribution in [2.24, 2.45) is 5.92 Å². The molecule has 2 N–H and O–H groups in total. The molecule has 7 heteroatoms. The van der Waals surface area contributed by atoms with Gasteiger partial charge in [-0.3, -0.25) is 9.78 Å². The molecule has 0 saturated heterocycles. The van der Waals surface area contributed by atoms with Crippen molar-refractivity contribution in [1.29, 1.82) is 0 Å². The summed E-state index contributed by atoms with van der Waals surface area (Å²) in [6.07, 6.45) is 4.95. The van der Waals surface area contributed by atoms with E-state index in [1.54, 1.807) is 19.3 Å². The second kappa shape index (κ2) is 14.2. The van der Waals surface area contributed by atoms with Crippen LogP contribution in [0.25, 0.3) is 22.2 Å². The minimum atomic E-state index is -0.533. The number of esters is 2. The first kappa shape index (κ1) is 31.5. The van der Waals surface area contributed by atoms with Gasteiger partial charge in [-0.25, -0.2) is 4.79 Å². The molecule has 232 valence electrons. The molecule has 2 heterocycles. The Bertz CT molecular complexity index is 1770. The Morgan fingerprint density at radius 1 is 0.889 bits per heavy atom. The average Bonchev–Trinajstić information content (AvgIpc) is 3.34. The zero-order valence-electron chi connectivity index (χ0n) is 26.5. The number of anilines is 1. The summed E-state index contributed by atoms with van der Waals surface area (Å²) in [7, 11) is 0. The lowest BCUT2D eigenvalue weighted by molar-refractivity contribution is -0.150. The smallest absolute Gasteiger partial charge is 0.338 e. The lowest BCUT2D eigenvalue weighted by Crippen LogP contribution is -2.22. The van der Waals surface area contributed by atoms with Gasteiger partial charge in [0.2, 0.25) is 0 Å². The normalized spacial score (nSPS) is 11.8. The Kier molecular flexibility index (Phi) is 9.98. The first-order chi connectivity index (χ1) is 21.8. The predicted octanol–water partition coefficient (Wildman–Crippen LogP) is 7.63. The van der Waals surface area contributed by atoms with Crippen LogP contribution in [0.2, 0.25) is 0 Å². The van der Waals surface area contributed by atoms with Crippen LogP contribution in [0.3, 0.4) is 0 Å². The van der Waals surface area contributed by atoms with E-state index in [9.17, 15) is 9.59 Å². The summed E-state index contributed by atoms with van der Waals surface area (Å²) in [5.41, 5.74) is 15.9. The summed E-state index contributed by atoms with van der Waals surface area (Å²) in [5, 5.41) is 0.779. The van der Waals surface area contributed by atoms with Crippen LogP contribution in [0.15, 0.2) is 85.2 Å². The van der Waals surface area contributed by atoms with Gasteiger partial charge in [-0.15, -0.1) is 0 Å². The van der Waals surface area contributed by atoms with Crippen molar-refractivity contribution >= 4 is 28.5 Å².